The molecule has 6 nitrogen and oxygen atoms in total. The molecule has 1 aromatic rings. The molecule has 2 bridgehead atoms. The predicted molar refractivity (Wildman–Crippen MR) is 88.9 cm³/mol. The van der Waals surface area contributed by atoms with E-state index in [-0.39, 0.29) is 30.5 Å². The molecule has 1 aliphatic heterocycles. The number of rotatable bonds is 4. The molecule has 2 saturated carbocycles. The maximum absolute atomic E-state index is 12.4. The molecule has 0 radical (unpaired) electrons. The van der Waals surface area contributed by atoms with Gasteiger partial charge in [0, 0.05) is 16.6 Å². The van der Waals surface area contributed by atoms with Crippen LogP contribution >= 0.6 is 11.6 Å². The lowest BCUT2D eigenvalue weighted by Gasteiger charge is -2.22. The first-order valence-electron chi connectivity index (χ1n) is 8.38. The van der Waals surface area contributed by atoms with Crippen LogP contribution in [0.15, 0.2) is 18.2 Å². The van der Waals surface area contributed by atoms with Crippen LogP contribution in [0.5, 0.6) is 0 Å². The zero-order valence-electron chi connectivity index (χ0n) is 13.7. The summed E-state index contributed by atoms with van der Waals surface area (Å²) in [5.74, 6) is -1.82. The van der Waals surface area contributed by atoms with Crippen LogP contribution in [0, 0.1) is 30.6 Å². The summed E-state index contributed by atoms with van der Waals surface area (Å²) < 4.78 is 10.5. The van der Waals surface area contributed by atoms with Crippen LogP contribution in [-0.4, -0.2) is 30.6 Å². The molecule has 0 spiro atoms. The highest BCUT2D eigenvalue weighted by Crippen LogP contribution is 2.57. The topological polar surface area (TPSA) is 81.7 Å². The first kappa shape index (κ1) is 16.4. The Bertz CT molecular complexity index is 762. The summed E-state index contributed by atoms with van der Waals surface area (Å²) in [5, 5.41) is 3.23. The predicted octanol–water partition coefficient (Wildman–Crippen LogP) is 2.33. The number of halogens is 1. The zero-order chi connectivity index (χ0) is 17.7. The van der Waals surface area contributed by atoms with E-state index in [0.29, 0.717) is 10.7 Å². The first-order valence-corrected chi connectivity index (χ1v) is 8.75. The van der Waals surface area contributed by atoms with Crippen molar-refractivity contribution in [2.75, 3.05) is 11.9 Å². The van der Waals surface area contributed by atoms with Crippen LogP contribution in [0.4, 0.5) is 5.69 Å². The van der Waals surface area contributed by atoms with Crippen molar-refractivity contribution >= 4 is 35.1 Å². The van der Waals surface area contributed by atoms with Gasteiger partial charge in [-0.05, 0) is 43.4 Å². The number of anilines is 1. The van der Waals surface area contributed by atoms with E-state index < -0.39 is 23.7 Å². The van der Waals surface area contributed by atoms with E-state index in [4.69, 9.17) is 21.1 Å². The number of fused-ring (bicyclic) bond motifs is 1. The Morgan fingerprint density at radius 1 is 1.36 bits per heavy atom. The molecule has 7 heteroatoms. The fourth-order valence-electron chi connectivity index (χ4n) is 4.49. The van der Waals surface area contributed by atoms with E-state index >= 15 is 0 Å². The molecular weight excluding hydrogens is 346 g/mol. The molecule has 0 unspecified atom stereocenters. The Labute approximate surface area is 149 Å². The van der Waals surface area contributed by atoms with Crippen LogP contribution in [0.1, 0.15) is 18.4 Å². The van der Waals surface area contributed by atoms with E-state index in [1.807, 2.05) is 0 Å². The van der Waals surface area contributed by atoms with Crippen molar-refractivity contribution in [3.05, 3.63) is 28.8 Å². The Kier molecular flexibility index (Phi) is 3.95. The number of hydrogen-bond acceptors (Lipinski definition) is 5. The van der Waals surface area contributed by atoms with Crippen LogP contribution < -0.4 is 5.32 Å². The SMILES string of the molecule is Cc1c(Cl)cccc1NC(=O)COC(=O)[C@@H]1[C@@H]2C[C@@H]3[C@H]1C(=O)O[C@@H]3C2. The molecule has 1 saturated heterocycles. The third-order valence-corrected chi connectivity index (χ3v) is 6.05. The van der Waals surface area contributed by atoms with Gasteiger partial charge in [-0.1, -0.05) is 17.7 Å². The fraction of sp³-hybridized carbons (Fsp3) is 0.500. The smallest absolute Gasteiger partial charge is 0.310 e. The summed E-state index contributed by atoms with van der Waals surface area (Å²) in [6, 6.07) is 5.19. The minimum atomic E-state index is -0.479. The molecule has 3 fully saturated rings. The highest BCUT2D eigenvalue weighted by molar-refractivity contribution is 6.31. The molecule has 25 heavy (non-hydrogen) atoms. The number of esters is 2. The molecule has 0 aromatic heterocycles. The first-order chi connectivity index (χ1) is 12.0. The van der Waals surface area contributed by atoms with E-state index in [2.05, 4.69) is 5.32 Å². The maximum Gasteiger partial charge on any atom is 0.310 e. The van der Waals surface area contributed by atoms with Gasteiger partial charge < -0.3 is 14.8 Å². The Balaban J connectivity index is 1.35. The number of hydrogen-bond donors (Lipinski definition) is 1. The van der Waals surface area contributed by atoms with Gasteiger partial charge in [-0.25, -0.2) is 0 Å². The third kappa shape index (κ3) is 2.68. The van der Waals surface area contributed by atoms with Gasteiger partial charge in [-0.2, -0.15) is 0 Å². The number of carbonyl (C=O) groups excluding carboxylic acids is 3. The van der Waals surface area contributed by atoms with Gasteiger partial charge >= 0.3 is 11.9 Å². The molecule has 4 rings (SSSR count). The molecule has 5 atom stereocenters. The summed E-state index contributed by atoms with van der Waals surface area (Å²) in [4.78, 5) is 36.4. The van der Waals surface area contributed by atoms with Gasteiger partial charge in [0.05, 0.1) is 11.8 Å². The van der Waals surface area contributed by atoms with Gasteiger partial charge in [0.25, 0.3) is 5.91 Å². The van der Waals surface area contributed by atoms with Crippen LogP contribution in [0.25, 0.3) is 0 Å². The second-order valence-corrected chi connectivity index (χ2v) is 7.40. The minimum absolute atomic E-state index is 0.0272. The van der Waals surface area contributed by atoms with Gasteiger partial charge in [0.2, 0.25) is 0 Å². The highest BCUT2D eigenvalue weighted by atomic mass is 35.5. The second kappa shape index (κ2) is 6.02. The van der Waals surface area contributed by atoms with Gasteiger partial charge in [-0.15, -0.1) is 0 Å². The molecule has 1 heterocycles. The van der Waals surface area contributed by atoms with Crippen molar-refractivity contribution in [1.29, 1.82) is 0 Å². The largest absolute Gasteiger partial charge is 0.462 e. The molecule has 1 aromatic carbocycles. The summed E-state index contributed by atoms with van der Waals surface area (Å²) in [5.41, 5.74) is 1.33. The quantitative estimate of drug-likeness (QED) is 0.830. The molecule has 1 N–H and O–H groups in total. The van der Waals surface area contributed by atoms with Crippen molar-refractivity contribution in [1.82, 2.24) is 0 Å². The summed E-state index contributed by atoms with van der Waals surface area (Å²) in [7, 11) is 0. The van der Waals surface area contributed by atoms with E-state index in [0.717, 1.165) is 18.4 Å². The lowest BCUT2D eigenvalue weighted by atomic mass is 9.80. The van der Waals surface area contributed by atoms with Crippen molar-refractivity contribution in [3.8, 4) is 0 Å². The monoisotopic (exact) mass is 363 g/mol. The molecule has 2 aliphatic carbocycles. The minimum Gasteiger partial charge on any atom is -0.462 e. The zero-order valence-corrected chi connectivity index (χ0v) is 14.4. The average Bonchev–Trinajstić information content (AvgIpc) is 3.19. The summed E-state index contributed by atoms with van der Waals surface area (Å²) >= 11 is 6.02. The number of carbonyl (C=O) groups is 3. The fourth-order valence-corrected chi connectivity index (χ4v) is 4.66. The Hall–Kier alpha value is -2.08. The summed E-state index contributed by atoms with van der Waals surface area (Å²) in [6.07, 6.45) is 1.52. The van der Waals surface area contributed by atoms with Crippen LogP contribution in [0.3, 0.4) is 0 Å². The van der Waals surface area contributed by atoms with Crippen molar-refractivity contribution in [2.24, 2.45) is 23.7 Å². The molecular formula is C18H18ClNO5. The van der Waals surface area contributed by atoms with Gasteiger partial charge in [0.15, 0.2) is 6.61 Å². The van der Waals surface area contributed by atoms with E-state index in [1.165, 1.54) is 0 Å². The van der Waals surface area contributed by atoms with E-state index in [1.54, 1.807) is 25.1 Å². The number of amides is 1. The Morgan fingerprint density at radius 2 is 2.16 bits per heavy atom. The van der Waals surface area contributed by atoms with E-state index in [9.17, 15) is 14.4 Å². The van der Waals surface area contributed by atoms with Gasteiger partial charge in [-0.3, -0.25) is 14.4 Å². The maximum atomic E-state index is 12.4. The second-order valence-electron chi connectivity index (χ2n) is 6.99. The molecule has 132 valence electrons. The molecule has 3 aliphatic rings. The standard InChI is InChI=1S/C18H18ClNO5/c1-8-11(19)3-2-4-12(8)20-14(21)7-24-17(22)15-9-5-10-13(6-9)25-18(23)16(10)15/h2-4,9-10,13,15-16H,5-7H2,1H3,(H,20,21)/t9-,10+,13-,15-,16-/m1/s1. The third-order valence-electron chi connectivity index (χ3n) is 5.64. The average molecular weight is 364 g/mol. The van der Waals surface area contributed by atoms with Crippen molar-refractivity contribution in [3.63, 3.8) is 0 Å². The Morgan fingerprint density at radius 3 is 2.96 bits per heavy atom. The molecule has 1 amide bonds. The lowest BCUT2D eigenvalue weighted by molar-refractivity contribution is -0.157. The highest BCUT2D eigenvalue weighted by Gasteiger charge is 2.64. The number of benzene rings is 1. The number of ether oxygens (including phenoxy) is 2. The van der Waals surface area contributed by atoms with Crippen LogP contribution in [-0.2, 0) is 23.9 Å². The lowest BCUT2D eigenvalue weighted by Crippen LogP contribution is -2.35. The normalized spacial score (nSPS) is 31.8. The van der Waals surface area contributed by atoms with Crippen molar-refractivity contribution in [2.45, 2.75) is 25.9 Å². The number of nitrogens with one attached hydrogen (secondary N) is 1. The van der Waals surface area contributed by atoms with Gasteiger partial charge in [0.1, 0.15) is 6.10 Å². The summed E-state index contributed by atoms with van der Waals surface area (Å²) in [6.45, 7) is 1.41. The van der Waals surface area contributed by atoms with Crippen molar-refractivity contribution < 1.29 is 23.9 Å². The van der Waals surface area contributed by atoms with Crippen LogP contribution in [0.2, 0.25) is 5.02 Å².